The first-order valence-corrected chi connectivity index (χ1v) is 4.93. The molecule has 0 saturated carbocycles. The van der Waals surface area contributed by atoms with Crippen molar-refractivity contribution in [1.82, 2.24) is 0 Å². The maximum absolute atomic E-state index is 12.0. The van der Waals surface area contributed by atoms with Crippen molar-refractivity contribution >= 4 is 23.5 Å². The molecule has 1 rings (SSSR count). The minimum atomic E-state index is -4.37. The highest BCUT2D eigenvalue weighted by Crippen LogP contribution is 2.47. The lowest BCUT2D eigenvalue weighted by Gasteiger charge is -2.06. The summed E-state index contributed by atoms with van der Waals surface area (Å²) in [7, 11) is 0. The fourth-order valence-corrected chi connectivity index (χ4v) is 2.99. The molecule has 1 atom stereocenters. The summed E-state index contributed by atoms with van der Waals surface area (Å²) in [4.78, 5) is 8.63. The van der Waals surface area contributed by atoms with E-state index < -0.39 is 27.1 Å². The van der Waals surface area contributed by atoms with E-state index in [2.05, 4.69) is 0 Å². The number of rotatable bonds is 2. The van der Waals surface area contributed by atoms with Gasteiger partial charge in [-0.15, -0.1) is 11.8 Å². The molecular formula is C5H4F3NO2S2. The number of allylic oxidation sites excluding steroid dienone is 1. The molecule has 0 radical (unpaired) electrons. The normalized spacial score (nSPS) is 23.0. The first-order chi connectivity index (χ1) is 5.89. The van der Waals surface area contributed by atoms with Crippen LogP contribution < -0.4 is 0 Å². The van der Waals surface area contributed by atoms with Crippen molar-refractivity contribution in [3.8, 4) is 0 Å². The second-order valence-corrected chi connectivity index (χ2v) is 4.80. The predicted molar refractivity (Wildman–Crippen MR) is 45.0 cm³/mol. The average Bonchev–Trinajstić information content (AvgIpc) is 2.32. The maximum atomic E-state index is 12.0. The van der Waals surface area contributed by atoms with Gasteiger partial charge in [-0.25, -0.2) is 0 Å². The van der Waals surface area contributed by atoms with E-state index in [1.807, 2.05) is 0 Å². The van der Waals surface area contributed by atoms with Gasteiger partial charge in [0.05, 0.1) is 4.91 Å². The Morgan fingerprint density at radius 2 is 2.23 bits per heavy atom. The topological polar surface area (TPSA) is 43.1 Å². The summed E-state index contributed by atoms with van der Waals surface area (Å²) >= 11 is 1.35. The van der Waals surface area contributed by atoms with Crippen molar-refractivity contribution in [2.75, 3.05) is 6.54 Å². The smallest absolute Gasteiger partial charge is 0.264 e. The third kappa shape index (κ3) is 3.11. The van der Waals surface area contributed by atoms with Crippen molar-refractivity contribution in [3.05, 3.63) is 20.4 Å². The highest BCUT2D eigenvalue weighted by atomic mass is 32.2. The molecule has 0 fully saturated rings. The third-order valence-electron chi connectivity index (χ3n) is 1.16. The molecule has 0 saturated heterocycles. The molecule has 1 heterocycles. The lowest BCUT2D eigenvalue weighted by atomic mass is 10.6. The van der Waals surface area contributed by atoms with E-state index in [0.717, 1.165) is 17.2 Å². The molecule has 0 N–H and O–H groups in total. The molecule has 0 aromatic carbocycles. The van der Waals surface area contributed by atoms with Gasteiger partial charge in [-0.1, -0.05) is 11.8 Å². The first-order valence-electron chi connectivity index (χ1n) is 3.11. The van der Waals surface area contributed by atoms with Crippen LogP contribution in [0.1, 0.15) is 0 Å². The third-order valence-corrected chi connectivity index (χ3v) is 3.77. The number of nitro groups is 1. The lowest BCUT2D eigenvalue weighted by molar-refractivity contribution is -0.476. The maximum Gasteiger partial charge on any atom is 0.422 e. The van der Waals surface area contributed by atoms with E-state index in [1.165, 1.54) is 0 Å². The lowest BCUT2D eigenvalue weighted by Crippen LogP contribution is -2.13. The van der Waals surface area contributed by atoms with Gasteiger partial charge < -0.3 is 0 Å². The summed E-state index contributed by atoms with van der Waals surface area (Å²) in [5, 5.41) is 10.9. The van der Waals surface area contributed by atoms with Gasteiger partial charge in [-0.3, -0.25) is 10.1 Å². The fourth-order valence-electron chi connectivity index (χ4n) is 0.671. The summed E-state index contributed by atoms with van der Waals surface area (Å²) in [5.41, 5.74) is 0. The van der Waals surface area contributed by atoms with Crippen LogP contribution in [-0.4, -0.2) is 22.2 Å². The van der Waals surface area contributed by atoms with Crippen molar-refractivity contribution in [3.63, 3.8) is 0 Å². The van der Waals surface area contributed by atoms with Crippen molar-refractivity contribution in [2.45, 2.75) is 10.8 Å². The van der Waals surface area contributed by atoms with Crippen LogP contribution in [0.15, 0.2) is 10.3 Å². The number of nitrogens with zero attached hydrogens (tertiary/aromatic N) is 1. The van der Waals surface area contributed by atoms with Crippen molar-refractivity contribution in [2.24, 2.45) is 0 Å². The molecule has 3 nitrogen and oxygen atoms in total. The summed E-state index contributed by atoms with van der Waals surface area (Å²) in [6, 6.07) is 0. The van der Waals surface area contributed by atoms with Gasteiger partial charge in [-0.2, -0.15) is 13.2 Å². The van der Waals surface area contributed by atoms with Gasteiger partial charge in [0.15, 0.2) is 0 Å². The fraction of sp³-hybridized carbons (Fsp3) is 0.600. The molecule has 0 amide bonds. The summed E-state index contributed by atoms with van der Waals surface area (Å²) in [6.07, 6.45) is -4.37. The van der Waals surface area contributed by atoms with Crippen LogP contribution in [0, 0.1) is 10.1 Å². The minimum absolute atomic E-state index is 0.453. The van der Waals surface area contributed by atoms with E-state index in [-0.39, 0.29) is 0 Å². The van der Waals surface area contributed by atoms with Crippen molar-refractivity contribution in [1.29, 1.82) is 0 Å². The monoisotopic (exact) mass is 231 g/mol. The van der Waals surface area contributed by atoms with E-state index >= 15 is 0 Å². The zero-order valence-electron chi connectivity index (χ0n) is 6.08. The Balaban J connectivity index is 2.47. The molecule has 8 heteroatoms. The quantitative estimate of drug-likeness (QED) is 0.541. The summed E-state index contributed by atoms with van der Waals surface area (Å²) in [5.74, 6) is 0. The number of hydrogen-bond acceptors (Lipinski definition) is 4. The molecule has 0 aliphatic carbocycles. The second kappa shape index (κ2) is 3.79. The molecule has 0 aromatic heterocycles. The zero-order valence-corrected chi connectivity index (χ0v) is 7.71. The van der Waals surface area contributed by atoms with Gasteiger partial charge in [0.2, 0.25) is 6.54 Å². The van der Waals surface area contributed by atoms with Crippen LogP contribution in [-0.2, 0) is 0 Å². The number of alkyl halides is 3. The Hall–Kier alpha value is -0.370. The SMILES string of the molecule is O=[N+]([O-])CC1SC=C(C(F)(F)F)S1. The molecular weight excluding hydrogens is 227 g/mol. The van der Waals surface area contributed by atoms with Gasteiger partial charge in [0.1, 0.15) is 4.58 Å². The minimum Gasteiger partial charge on any atom is -0.264 e. The van der Waals surface area contributed by atoms with E-state index in [0.29, 0.717) is 11.8 Å². The van der Waals surface area contributed by atoms with Crippen LogP contribution in [0.5, 0.6) is 0 Å². The van der Waals surface area contributed by atoms with Crippen LogP contribution in [0.4, 0.5) is 13.2 Å². The highest BCUT2D eigenvalue weighted by Gasteiger charge is 2.40. The Bertz CT molecular complexity index is 253. The van der Waals surface area contributed by atoms with Crippen LogP contribution in [0.3, 0.4) is 0 Å². The Labute approximate surface area is 79.9 Å². The van der Waals surface area contributed by atoms with Crippen LogP contribution in [0.2, 0.25) is 0 Å². The molecule has 0 bridgehead atoms. The first kappa shape index (κ1) is 10.7. The molecule has 0 spiro atoms. The van der Waals surface area contributed by atoms with Gasteiger partial charge in [0.25, 0.3) is 0 Å². The summed E-state index contributed by atoms with van der Waals surface area (Å²) < 4.78 is 35.4. The number of halogens is 3. The summed E-state index contributed by atoms with van der Waals surface area (Å²) in [6.45, 7) is -0.453. The van der Waals surface area contributed by atoms with E-state index in [4.69, 9.17) is 0 Å². The molecule has 1 aliphatic heterocycles. The standard InChI is InChI=1S/C5H4F3NO2S2/c6-5(7,8)3-2-12-4(13-3)1-9(10)11/h2,4H,1H2. The Kier molecular flexibility index (Phi) is 3.12. The van der Waals surface area contributed by atoms with E-state index in [1.54, 1.807) is 0 Å². The Morgan fingerprint density at radius 3 is 2.62 bits per heavy atom. The molecule has 13 heavy (non-hydrogen) atoms. The average molecular weight is 231 g/mol. The Morgan fingerprint density at radius 1 is 1.62 bits per heavy atom. The molecule has 1 unspecified atom stereocenters. The van der Waals surface area contributed by atoms with Crippen LogP contribution >= 0.6 is 23.5 Å². The molecule has 74 valence electrons. The van der Waals surface area contributed by atoms with E-state index in [9.17, 15) is 23.3 Å². The van der Waals surface area contributed by atoms with Crippen molar-refractivity contribution < 1.29 is 18.1 Å². The zero-order chi connectivity index (χ0) is 10.1. The van der Waals surface area contributed by atoms with Crippen LogP contribution in [0.25, 0.3) is 0 Å². The second-order valence-electron chi connectivity index (χ2n) is 2.18. The largest absolute Gasteiger partial charge is 0.422 e. The number of thioether (sulfide) groups is 2. The van der Waals surface area contributed by atoms with Gasteiger partial charge >= 0.3 is 6.18 Å². The molecule has 0 aromatic rings. The predicted octanol–water partition coefficient (Wildman–Crippen LogP) is 2.47. The molecule has 1 aliphatic rings. The van der Waals surface area contributed by atoms with Gasteiger partial charge in [0, 0.05) is 4.92 Å². The van der Waals surface area contributed by atoms with Gasteiger partial charge in [-0.05, 0) is 5.41 Å². The highest BCUT2D eigenvalue weighted by molar-refractivity contribution is 8.23. The number of hydrogen-bond donors (Lipinski definition) is 0.